The summed E-state index contributed by atoms with van der Waals surface area (Å²) in [6, 6.07) is -0.793. The Morgan fingerprint density at radius 1 is 0.938 bits per heavy atom. The molecular formula is C9H14F3NO2S. The Hall–Kier alpha value is -0.300. The summed E-state index contributed by atoms with van der Waals surface area (Å²) in [5, 5.41) is 0. The Bertz CT molecular complexity index is 351. The van der Waals surface area contributed by atoms with E-state index < -0.39 is 27.6 Å². The van der Waals surface area contributed by atoms with Crippen LogP contribution in [0.1, 0.15) is 38.5 Å². The highest BCUT2D eigenvalue weighted by atomic mass is 32.2. The minimum Gasteiger partial charge on any atom is -0.203 e. The van der Waals surface area contributed by atoms with Gasteiger partial charge in [0.05, 0.1) is 0 Å². The van der Waals surface area contributed by atoms with E-state index in [4.69, 9.17) is 0 Å². The van der Waals surface area contributed by atoms with Crippen molar-refractivity contribution in [2.75, 3.05) is 0 Å². The van der Waals surface area contributed by atoms with Crippen molar-refractivity contribution in [3.63, 3.8) is 0 Å². The van der Waals surface area contributed by atoms with Crippen LogP contribution in [0, 0.1) is 0 Å². The number of hydrogen-bond donors (Lipinski definition) is 0. The largest absolute Gasteiger partial charge is 0.511 e. The molecule has 0 radical (unpaired) electrons. The molecule has 2 fully saturated rings. The average molecular weight is 257 g/mol. The molecule has 0 spiro atoms. The average Bonchev–Trinajstić information content (AvgIpc) is 2.75. The van der Waals surface area contributed by atoms with Crippen LogP contribution in [0.4, 0.5) is 13.2 Å². The zero-order valence-corrected chi connectivity index (χ0v) is 9.52. The minimum atomic E-state index is -5.14. The summed E-state index contributed by atoms with van der Waals surface area (Å²) >= 11 is 0. The van der Waals surface area contributed by atoms with E-state index in [2.05, 4.69) is 0 Å². The van der Waals surface area contributed by atoms with E-state index >= 15 is 0 Å². The molecule has 1 aliphatic heterocycles. The first-order valence-electron chi connectivity index (χ1n) is 5.45. The van der Waals surface area contributed by atoms with Crippen molar-refractivity contribution in [1.29, 1.82) is 0 Å². The van der Waals surface area contributed by atoms with Gasteiger partial charge >= 0.3 is 15.5 Å². The van der Waals surface area contributed by atoms with Crippen LogP contribution in [0.5, 0.6) is 0 Å². The third-order valence-corrected chi connectivity index (χ3v) is 5.01. The lowest BCUT2D eigenvalue weighted by atomic mass is 10.0. The third kappa shape index (κ3) is 1.95. The first-order chi connectivity index (χ1) is 7.36. The second kappa shape index (κ2) is 3.87. The van der Waals surface area contributed by atoms with Gasteiger partial charge in [-0.25, -0.2) is 8.42 Å². The van der Waals surface area contributed by atoms with E-state index in [-0.39, 0.29) is 0 Å². The van der Waals surface area contributed by atoms with Crippen molar-refractivity contribution in [3.8, 4) is 0 Å². The maximum atomic E-state index is 12.3. The summed E-state index contributed by atoms with van der Waals surface area (Å²) in [7, 11) is -5.08. The molecule has 0 aromatic carbocycles. The summed E-state index contributed by atoms with van der Waals surface area (Å²) in [6.07, 6.45) is 4.77. The van der Waals surface area contributed by atoms with E-state index in [0.717, 1.165) is 25.7 Å². The van der Waals surface area contributed by atoms with Gasteiger partial charge in [0, 0.05) is 12.1 Å². The SMILES string of the molecule is O=S(=O)(N1C2CCCCCCC21)C(F)(F)F. The molecule has 1 aliphatic carbocycles. The highest BCUT2D eigenvalue weighted by Crippen LogP contribution is 2.45. The minimum absolute atomic E-state index is 0.396. The topological polar surface area (TPSA) is 37.1 Å². The number of alkyl halides is 3. The van der Waals surface area contributed by atoms with Crippen molar-refractivity contribution in [3.05, 3.63) is 0 Å². The Morgan fingerprint density at radius 2 is 1.38 bits per heavy atom. The molecule has 0 aromatic rings. The molecule has 1 heterocycles. The van der Waals surface area contributed by atoms with Crippen LogP contribution in [0.25, 0.3) is 0 Å². The van der Waals surface area contributed by atoms with E-state index in [1.807, 2.05) is 0 Å². The number of hydrogen-bond acceptors (Lipinski definition) is 2. The zero-order chi connectivity index (χ0) is 12.0. The zero-order valence-electron chi connectivity index (χ0n) is 8.70. The number of fused-ring (bicyclic) bond motifs is 1. The van der Waals surface area contributed by atoms with Crippen LogP contribution >= 0.6 is 0 Å². The highest BCUT2D eigenvalue weighted by molar-refractivity contribution is 7.90. The van der Waals surface area contributed by atoms with Gasteiger partial charge in [-0.3, -0.25) is 0 Å². The van der Waals surface area contributed by atoms with Crippen LogP contribution in [-0.2, 0) is 10.0 Å². The first-order valence-corrected chi connectivity index (χ1v) is 6.89. The maximum Gasteiger partial charge on any atom is 0.511 e. The normalized spacial score (nSPS) is 36.1. The van der Waals surface area contributed by atoms with Crippen LogP contribution in [0.2, 0.25) is 0 Å². The summed E-state index contributed by atoms with van der Waals surface area (Å²) in [5.74, 6) is 0. The lowest BCUT2D eigenvalue weighted by Gasteiger charge is -2.09. The van der Waals surface area contributed by atoms with Crippen molar-refractivity contribution in [1.82, 2.24) is 4.31 Å². The van der Waals surface area contributed by atoms with Gasteiger partial charge in [0.1, 0.15) is 0 Å². The number of halogens is 3. The molecular weight excluding hydrogens is 243 g/mol. The second-order valence-electron chi connectivity index (χ2n) is 4.41. The number of rotatable bonds is 1. The molecule has 3 nitrogen and oxygen atoms in total. The molecule has 2 rings (SSSR count). The monoisotopic (exact) mass is 257 g/mol. The Kier molecular flexibility index (Phi) is 2.94. The van der Waals surface area contributed by atoms with Crippen LogP contribution in [0.15, 0.2) is 0 Å². The molecule has 94 valence electrons. The molecule has 0 aromatic heterocycles. The quantitative estimate of drug-likeness (QED) is 0.675. The van der Waals surface area contributed by atoms with Gasteiger partial charge < -0.3 is 0 Å². The van der Waals surface area contributed by atoms with Gasteiger partial charge in [0.15, 0.2) is 0 Å². The van der Waals surface area contributed by atoms with Gasteiger partial charge in [-0.2, -0.15) is 17.5 Å². The predicted octanol–water partition coefficient (Wildman–Crippen LogP) is 2.24. The van der Waals surface area contributed by atoms with Gasteiger partial charge in [-0.05, 0) is 12.8 Å². The van der Waals surface area contributed by atoms with E-state index in [1.165, 1.54) is 0 Å². The maximum absolute atomic E-state index is 12.3. The van der Waals surface area contributed by atoms with Gasteiger partial charge in [0.25, 0.3) is 0 Å². The molecule has 0 N–H and O–H groups in total. The fourth-order valence-corrected chi connectivity index (χ4v) is 3.87. The van der Waals surface area contributed by atoms with Crippen molar-refractivity contribution >= 4 is 10.0 Å². The molecule has 16 heavy (non-hydrogen) atoms. The second-order valence-corrected chi connectivity index (χ2v) is 6.24. The first kappa shape index (κ1) is 12.2. The molecule has 7 heteroatoms. The fourth-order valence-electron chi connectivity index (χ4n) is 2.49. The molecule has 2 atom stereocenters. The summed E-state index contributed by atoms with van der Waals surface area (Å²) in [4.78, 5) is 0. The summed E-state index contributed by atoms with van der Waals surface area (Å²) < 4.78 is 60.1. The molecule has 0 bridgehead atoms. The van der Waals surface area contributed by atoms with Crippen molar-refractivity contribution < 1.29 is 21.6 Å². The van der Waals surface area contributed by atoms with E-state index in [9.17, 15) is 21.6 Å². The molecule has 2 unspecified atom stereocenters. The molecule has 1 saturated carbocycles. The standard InChI is InChI=1S/C9H14F3NO2S/c10-9(11,12)16(14,15)13-7-5-3-1-2-4-6-8(7)13/h7-8H,1-6H2. The number of sulfonamides is 1. The van der Waals surface area contributed by atoms with Crippen LogP contribution in [0.3, 0.4) is 0 Å². The van der Waals surface area contributed by atoms with Crippen LogP contribution in [-0.4, -0.2) is 30.3 Å². The third-order valence-electron chi connectivity index (χ3n) is 3.33. The Balaban J connectivity index is 2.13. The lowest BCUT2D eigenvalue weighted by molar-refractivity contribution is -0.0469. The Morgan fingerprint density at radius 3 is 1.75 bits per heavy atom. The molecule has 0 amide bonds. The fraction of sp³-hybridized carbons (Fsp3) is 1.00. The van der Waals surface area contributed by atoms with E-state index in [1.54, 1.807) is 0 Å². The van der Waals surface area contributed by atoms with Crippen LogP contribution < -0.4 is 0 Å². The molecule has 2 aliphatic rings. The van der Waals surface area contributed by atoms with Crippen molar-refractivity contribution in [2.24, 2.45) is 0 Å². The van der Waals surface area contributed by atoms with Gasteiger partial charge in [0.2, 0.25) is 0 Å². The summed E-state index contributed by atoms with van der Waals surface area (Å²) in [6.45, 7) is 0. The van der Waals surface area contributed by atoms with E-state index in [0.29, 0.717) is 17.1 Å². The predicted molar refractivity (Wildman–Crippen MR) is 52.1 cm³/mol. The Labute approximate surface area is 92.7 Å². The lowest BCUT2D eigenvalue weighted by Crippen LogP contribution is -2.31. The van der Waals surface area contributed by atoms with Gasteiger partial charge in [-0.15, -0.1) is 0 Å². The van der Waals surface area contributed by atoms with Gasteiger partial charge in [-0.1, -0.05) is 25.7 Å². The highest BCUT2D eigenvalue weighted by Gasteiger charge is 2.63. The molecule has 1 saturated heterocycles. The summed E-state index contributed by atoms with van der Waals surface area (Å²) in [5.41, 5.74) is -5.14. The van der Waals surface area contributed by atoms with Crippen molar-refractivity contribution in [2.45, 2.75) is 56.1 Å². The smallest absolute Gasteiger partial charge is 0.203 e. The number of nitrogens with zero attached hydrogens (tertiary/aromatic N) is 1.